The number of thiazole rings is 1. The first-order valence-corrected chi connectivity index (χ1v) is 8.11. The predicted octanol–water partition coefficient (Wildman–Crippen LogP) is 3.62. The van der Waals surface area contributed by atoms with Gasteiger partial charge in [0, 0.05) is 5.38 Å². The molecular formula is C16H14F3NO4S. The molecule has 2 rings (SSSR count). The highest BCUT2D eigenvalue weighted by Gasteiger charge is 2.30. The van der Waals surface area contributed by atoms with Crippen molar-refractivity contribution in [1.82, 2.24) is 4.98 Å². The van der Waals surface area contributed by atoms with Gasteiger partial charge in [0.1, 0.15) is 6.61 Å². The number of carbonyl (C=O) groups excluding carboxylic acids is 2. The zero-order chi connectivity index (χ0) is 18.4. The molecular weight excluding hydrogens is 359 g/mol. The minimum atomic E-state index is -4.47. The fourth-order valence-corrected chi connectivity index (χ4v) is 2.58. The second kappa shape index (κ2) is 8.11. The van der Waals surface area contributed by atoms with Crippen LogP contribution in [0.4, 0.5) is 13.2 Å². The molecule has 0 fully saturated rings. The molecule has 1 aromatic carbocycles. The lowest BCUT2D eigenvalue weighted by molar-refractivity contribution is -0.144. The summed E-state index contributed by atoms with van der Waals surface area (Å²) in [4.78, 5) is 27.2. The molecule has 0 spiro atoms. The summed E-state index contributed by atoms with van der Waals surface area (Å²) in [6.07, 6.45) is -4.76. The Morgan fingerprint density at radius 1 is 1.24 bits per heavy atom. The number of carbonyl (C=O) groups is 2. The topological polar surface area (TPSA) is 65.5 Å². The van der Waals surface area contributed by atoms with Crippen LogP contribution in [0.25, 0.3) is 0 Å². The number of hydrogen-bond acceptors (Lipinski definition) is 6. The van der Waals surface area contributed by atoms with Gasteiger partial charge in [-0.2, -0.15) is 13.2 Å². The van der Waals surface area contributed by atoms with Gasteiger partial charge in [0.05, 0.1) is 24.3 Å². The van der Waals surface area contributed by atoms with Crippen LogP contribution in [0, 0.1) is 0 Å². The van der Waals surface area contributed by atoms with Gasteiger partial charge in [0.2, 0.25) is 5.01 Å². The summed E-state index contributed by atoms with van der Waals surface area (Å²) in [5.41, 5.74) is -0.257. The molecule has 0 aliphatic carbocycles. The monoisotopic (exact) mass is 373 g/mol. The van der Waals surface area contributed by atoms with Crippen LogP contribution < -0.4 is 0 Å². The Labute approximate surface area is 145 Å². The van der Waals surface area contributed by atoms with Gasteiger partial charge in [-0.3, -0.25) is 4.79 Å². The van der Waals surface area contributed by atoms with Crippen LogP contribution in [0.3, 0.4) is 0 Å². The number of esters is 2. The third-order valence-corrected chi connectivity index (χ3v) is 3.86. The Morgan fingerprint density at radius 3 is 2.68 bits per heavy atom. The van der Waals surface area contributed by atoms with E-state index < -0.39 is 23.7 Å². The molecule has 0 bridgehead atoms. The van der Waals surface area contributed by atoms with Crippen LogP contribution >= 0.6 is 11.3 Å². The molecule has 0 atom stereocenters. The number of hydrogen-bond donors (Lipinski definition) is 0. The van der Waals surface area contributed by atoms with Gasteiger partial charge in [-0.1, -0.05) is 18.2 Å². The van der Waals surface area contributed by atoms with Crippen molar-refractivity contribution in [2.75, 3.05) is 6.61 Å². The minimum Gasteiger partial charge on any atom is -0.461 e. The standard InChI is InChI=1S/C16H14F3NO4S/c1-2-23-15(22)14-20-12(9-25-14)8-24-13(21)7-10-4-3-5-11(6-10)16(17,18)19/h3-6,9H,2,7-8H2,1H3. The van der Waals surface area contributed by atoms with Gasteiger partial charge >= 0.3 is 18.1 Å². The Bertz CT molecular complexity index is 758. The van der Waals surface area contributed by atoms with Gasteiger partial charge in [0.25, 0.3) is 0 Å². The van der Waals surface area contributed by atoms with Crippen molar-refractivity contribution in [2.24, 2.45) is 0 Å². The Hall–Kier alpha value is -2.42. The SMILES string of the molecule is CCOC(=O)c1nc(COC(=O)Cc2cccc(C(F)(F)F)c2)cs1. The summed E-state index contributed by atoms with van der Waals surface area (Å²) in [7, 11) is 0. The Kier molecular flexibility index (Phi) is 6.13. The van der Waals surface area contributed by atoms with Crippen molar-refractivity contribution >= 4 is 23.3 Å². The minimum absolute atomic E-state index is 0.144. The van der Waals surface area contributed by atoms with E-state index in [2.05, 4.69) is 4.98 Å². The summed E-state index contributed by atoms with van der Waals surface area (Å²) < 4.78 is 47.7. The maximum absolute atomic E-state index is 12.6. The van der Waals surface area contributed by atoms with Crippen LogP contribution in [0.15, 0.2) is 29.6 Å². The summed E-state index contributed by atoms with van der Waals surface area (Å²) >= 11 is 1.06. The predicted molar refractivity (Wildman–Crippen MR) is 83.0 cm³/mol. The first-order chi connectivity index (χ1) is 11.8. The molecule has 0 saturated carbocycles. The molecule has 0 radical (unpaired) electrons. The molecule has 5 nitrogen and oxygen atoms in total. The van der Waals surface area contributed by atoms with Crippen LogP contribution in [0.1, 0.15) is 33.5 Å². The number of ether oxygens (including phenoxy) is 2. The number of alkyl halides is 3. The maximum Gasteiger partial charge on any atom is 0.416 e. The van der Waals surface area contributed by atoms with Gasteiger partial charge in [0.15, 0.2) is 0 Å². The molecule has 0 saturated heterocycles. The lowest BCUT2D eigenvalue weighted by atomic mass is 10.1. The summed E-state index contributed by atoms with van der Waals surface area (Å²) in [5, 5.41) is 1.69. The quantitative estimate of drug-likeness (QED) is 0.724. The van der Waals surface area contributed by atoms with Crippen molar-refractivity contribution in [3.05, 3.63) is 51.5 Å². The second-order valence-electron chi connectivity index (χ2n) is 4.90. The molecule has 1 aromatic heterocycles. The Morgan fingerprint density at radius 2 is 2.00 bits per heavy atom. The van der Waals surface area contributed by atoms with Crippen molar-refractivity contribution in [2.45, 2.75) is 26.1 Å². The number of aromatic nitrogens is 1. The van der Waals surface area contributed by atoms with E-state index in [1.54, 1.807) is 12.3 Å². The van der Waals surface area contributed by atoms with E-state index in [9.17, 15) is 22.8 Å². The maximum atomic E-state index is 12.6. The average Bonchev–Trinajstić information content (AvgIpc) is 3.02. The first-order valence-electron chi connectivity index (χ1n) is 7.23. The van der Waals surface area contributed by atoms with Crippen molar-refractivity contribution in [3.8, 4) is 0 Å². The van der Waals surface area contributed by atoms with Crippen LogP contribution in [0.5, 0.6) is 0 Å². The van der Waals surface area contributed by atoms with E-state index in [4.69, 9.17) is 9.47 Å². The van der Waals surface area contributed by atoms with E-state index >= 15 is 0 Å². The van der Waals surface area contributed by atoms with Crippen LogP contribution in [-0.4, -0.2) is 23.5 Å². The van der Waals surface area contributed by atoms with E-state index in [1.807, 2.05) is 0 Å². The van der Waals surface area contributed by atoms with E-state index in [0.717, 1.165) is 23.5 Å². The molecule has 2 aromatic rings. The molecule has 0 N–H and O–H groups in total. The fourth-order valence-electron chi connectivity index (χ4n) is 1.89. The number of halogens is 3. The molecule has 134 valence electrons. The normalized spacial score (nSPS) is 11.2. The second-order valence-corrected chi connectivity index (χ2v) is 5.76. The van der Waals surface area contributed by atoms with Crippen LogP contribution in [-0.2, 0) is 33.5 Å². The summed E-state index contributed by atoms with van der Waals surface area (Å²) in [6, 6.07) is 4.49. The molecule has 0 unspecified atom stereocenters. The molecule has 0 amide bonds. The lowest BCUT2D eigenvalue weighted by Crippen LogP contribution is -2.10. The molecule has 25 heavy (non-hydrogen) atoms. The van der Waals surface area contributed by atoms with E-state index in [1.165, 1.54) is 12.1 Å². The molecule has 0 aliphatic rings. The molecule has 0 aliphatic heterocycles. The summed E-state index contributed by atoms with van der Waals surface area (Å²) in [6.45, 7) is 1.72. The zero-order valence-electron chi connectivity index (χ0n) is 13.1. The number of benzene rings is 1. The largest absolute Gasteiger partial charge is 0.461 e. The van der Waals surface area contributed by atoms with Gasteiger partial charge in [-0.15, -0.1) is 11.3 Å². The molecule has 9 heteroatoms. The lowest BCUT2D eigenvalue weighted by Gasteiger charge is -2.08. The Balaban J connectivity index is 1.90. The van der Waals surface area contributed by atoms with Crippen molar-refractivity contribution < 1.29 is 32.2 Å². The first kappa shape index (κ1) is 18.9. The number of nitrogens with zero attached hydrogens (tertiary/aromatic N) is 1. The van der Waals surface area contributed by atoms with Crippen LogP contribution in [0.2, 0.25) is 0 Å². The van der Waals surface area contributed by atoms with Gasteiger partial charge < -0.3 is 9.47 Å². The fraction of sp³-hybridized carbons (Fsp3) is 0.312. The van der Waals surface area contributed by atoms with E-state index in [0.29, 0.717) is 5.69 Å². The zero-order valence-corrected chi connectivity index (χ0v) is 13.9. The van der Waals surface area contributed by atoms with Gasteiger partial charge in [-0.25, -0.2) is 9.78 Å². The van der Waals surface area contributed by atoms with Gasteiger partial charge in [-0.05, 0) is 18.6 Å². The van der Waals surface area contributed by atoms with Crippen molar-refractivity contribution in [3.63, 3.8) is 0 Å². The summed E-state index contributed by atoms with van der Waals surface area (Å²) in [5.74, 6) is -1.25. The van der Waals surface area contributed by atoms with Crippen molar-refractivity contribution in [1.29, 1.82) is 0 Å². The van der Waals surface area contributed by atoms with E-state index in [-0.39, 0.29) is 30.2 Å². The highest BCUT2D eigenvalue weighted by molar-refractivity contribution is 7.11. The smallest absolute Gasteiger partial charge is 0.416 e. The number of rotatable bonds is 6. The third kappa shape index (κ3) is 5.56. The highest BCUT2D eigenvalue weighted by atomic mass is 32.1. The third-order valence-electron chi connectivity index (χ3n) is 2.99. The molecule has 1 heterocycles. The highest BCUT2D eigenvalue weighted by Crippen LogP contribution is 2.29. The average molecular weight is 373 g/mol.